The lowest BCUT2D eigenvalue weighted by atomic mass is 10.00. The number of carbonyl (C=O) groups is 2. The van der Waals surface area contributed by atoms with Gasteiger partial charge < -0.3 is 5.32 Å². The molecule has 1 aromatic heterocycles. The molecule has 4 rings (SSSR count). The molecule has 0 saturated heterocycles. The Kier molecular flexibility index (Phi) is 6.42. The van der Waals surface area contributed by atoms with Crippen molar-refractivity contribution in [3.05, 3.63) is 76.3 Å². The van der Waals surface area contributed by atoms with Gasteiger partial charge in [-0.05, 0) is 55.4 Å². The van der Waals surface area contributed by atoms with E-state index in [2.05, 4.69) is 14.9 Å². The van der Waals surface area contributed by atoms with Gasteiger partial charge in [0.2, 0.25) is 5.91 Å². The number of nitrogens with one attached hydrogen (secondary N) is 1. The molecule has 2 amide bonds. The van der Waals surface area contributed by atoms with Crippen molar-refractivity contribution in [1.82, 2.24) is 14.9 Å². The van der Waals surface area contributed by atoms with E-state index in [0.717, 1.165) is 53.9 Å². The molecule has 0 aliphatic heterocycles. The molecule has 0 bridgehead atoms. The van der Waals surface area contributed by atoms with E-state index in [-0.39, 0.29) is 23.6 Å². The number of aromatic nitrogens is 2. The zero-order valence-corrected chi connectivity index (χ0v) is 18.6. The quantitative estimate of drug-likeness (QED) is 0.615. The summed E-state index contributed by atoms with van der Waals surface area (Å²) in [6.45, 7) is 3.94. The fraction of sp³-hybridized carbons (Fsp3) is 0.333. The minimum Gasteiger partial charge on any atom is -0.351 e. The van der Waals surface area contributed by atoms with E-state index in [9.17, 15) is 9.59 Å². The van der Waals surface area contributed by atoms with Gasteiger partial charge in [0.1, 0.15) is 6.04 Å². The highest BCUT2D eigenvalue weighted by atomic mass is 32.1. The molecule has 0 radical (unpaired) electrons. The van der Waals surface area contributed by atoms with Crippen LogP contribution in [0.1, 0.15) is 58.9 Å². The Morgan fingerprint density at radius 2 is 1.77 bits per heavy atom. The van der Waals surface area contributed by atoms with Crippen LogP contribution in [0.2, 0.25) is 0 Å². The Hall–Kier alpha value is -3.06. The number of carbonyl (C=O) groups excluding carboxylic acids is 2. The summed E-state index contributed by atoms with van der Waals surface area (Å²) in [5, 5.41) is 8.81. The highest BCUT2D eigenvalue weighted by Crippen LogP contribution is 2.32. The summed E-state index contributed by atoms with van der Waals surface area (Å²) in [7, 11) is 0. The number of hydrogen-bond donors (Lipinski definition) is 1. The van der Waals surface area contributed by atoms with Crippen LogP contribution < -0.4 is 10.2 Å². The topological polar surface area (TPSA) is 75.2 Å². The predicted molar refractivity (Wildman–Crippen MR) is 122 cm³/mol. The van der Waals surface area contributed by atoms with Crippen molar-refractivity contribution in [2.75, 3.05) is 4.90 Å². The van der Waals surface area contributed by atoms with Crippen molar-refractivity contribution in [2.45, 2.75) is 51.6 Å². The second-order valence-electron chi connectivity index (χ2n) is 8.05. The average Bonchev–Trinajstić information content (AvgIpc) is 3.47. The molecule has 0 spiro atoms. The lowest BCUT2D eigenvalue weighted by molar-refractivity contribution is -0.123. The highest BCUT2D eigenvalue weighted by Gasteiger charge is 2.36. The third-order valence-corrected chi connectivity index (χ3v) is 6.28. The number of anilines is 1. The molecule has 2 aromatic carbocycles. The molecule has 1 aliphatic rings. The lowest BCUT2D eigenvalue weighted by Crippen LogP contribution is -2.46. The van der Waals surface area contributed by atoms with Crippen LogP contribution in [0.5, 0.6) is 0 Å². The second kappa shape index (κ2) is 9.39. The van der Waals surface area contributed by atoms with Crippen molar-refractivity contribution in [2.24, 2.45) is 0 Å². The first kappa shape index (κ1) is 21.2. The molecule has 160 valence electrons. The molecule has 7 heteroatoms. The van der Waals surface area contributed by atoms with E-state index in [4.69, 9.17) is 0 Å². The van der Waals surface area contributed by atoms with Gasteiger partial charge in [0.05, 0.1) is 0 Å². The van der Waals surface area contributed by atoms with Crippen LogP contribution in [0.15, 0.2) is 53.9 Å². The normalized spacial score (nSPS) is 14.9. The molecule has 1 N–H and O–H groups in total. The average molecular weight is 435 g/mol. The van der Waals surface area contributed by atoms with Gasteiger partial charge in [0.15, 0.2) is 5.69 Å². The van der Waals surface area contributed by atoms with E-state index in [1.54, 1.807) is 10.3 Å². The van der Waals surface area contributed by atoms with Gasteiger partial charge in [0.25, 0.3) is 5.91 Å². The first-order valence-electron chi connectivity index (χ1n) is 10.6. The minimum absolute atomic E-state index is 0.148. The Labute approximate surface area is 186 Å². The first-order valence-corrected chi connectivity index (χ1v) is 11.4. The maximum atomic E-state index is 13.6. The summed E-state index contributed by atoms with van der Waals surface area (Å²) in [5.41, 5.74) is 3.69. The van der Waals surface area contributed by atoms with Crippen LogP contribution in [-0.2, 0) is 4.79 Å². The minimum atomic E-state index is -0.809. The summed E-state index contributed by atoms with van der Waals surface area (Å²) >= 11 is 1.12. The molecule has 1 saturated carbocycles. The van der Waals surface area contributed by atoms with Crippen LogP contribution in [-0.4, -0.2) is 27.4 Å². The standard InChI is InChI=1S/C24H26N4O2S/c1-16-11-13-18(14-12-16)22(23(29)25-19-8-4-5-9-19)28(21-10-6-3-7-17(21)2)24(30)20-15-31-27-26-20/h3,6-7,10-15,19,22H,4-5,8-9H2,1-2H3,(H,25,29). The molecule has 31 heavy (non-hydrogen) atoms. The van der Waals surface area contributed by atoms with Crippen molar-refractivity contribution in [1.29, 1.82) is 0 Å². The molecule has 1 heterocycles. The summed E-state index contributed by atoms with van der Waals surface area (Å²) in [6, 6.07) is 14.7. The Morgan fingerprint density at radius 3 is 2.42 bits per heavy atom. The maximum Gasteiger partial charge on any atom is 0.280 e. The van der Waals surface area contributed by atoms with Crippen LogP contribution in [0.3, 0.4) is 0 Å². The van der Waals surface area contributed by atoms with Gasteiger partial charge in [0, 0.05) is 17.1 Å². The fourth-order valence-corrected chi connectivity index (χ4v) is 4.53. The Bertz CT molecular complexity index is 1040. The molecule has 1 aliphatic carbocycles. The van der Waals surface area contributed by atoms with Crippen molar-refractivity contribution < 1.29 is 9.59 Å². The van der Waals surface area contributed by atoms with Crippen LogP contribution >= 0.6 is 11.5 Å². The maximum absolute atomic E-state index is 13.6. The van der Waals surface area contributed by atoms with Gasteiger partial charge in [-0.1, -0.05) is 65.4 Å². The number of nitrogens with zero attached hydrogens (tertiary/aromatic N) is 3. The summed E-state index contributed by atoms with van der Waals surface area (Å²) < 4.78 is 3.86. The predicted octanol–water partition coefficient (Wildman–Crippen LogP) is 4.60. The van der Waals surface area contributed by atoms with Crippen LogP contribution in [0.4, 0.5) is 5.69 Å². The molecule has 1 fully saturated rings. The number of aryl methyl sites for hydroxylation is 2. The van der Waals surface area contributed by atoms with Gasteiger partial charge in [-0.2, -0.15) is 0 Å². The van der Waals surface area contributed by atoms with Crippen molar-refractivity contribution >= 4 is 29.0 Å². The first-order chi connectivity index (χ1) is 15.0. The van der Waals surface area contributed by atoms with Crippen molar-refractivity contribution in [3.63, 3.8) is 0 Å². The zero-order valence-electron chi connectivity index (χ0n) is 17.7. The second-order valence-corrected chi connectivity index (χ2v) is 8.66. The van der Waals surface area contributed by atoms with Gasteiger partial charge in [-0.15, -0.1) is 5.10 Å². The van der Waals surface area contributed by atoms with E-state index in [0.29, 0.717) is 5.69 Å². The lowest BCUT2D eigenvalue weighted by Gasteiger charge is -2.32. The summed E-state index contributed by atoms with van der Waals surface area (Å²) in [6.07, 6.45) is 4.18. The number of amides is 2. The molecular weight excluding hydrogens is 408 g/mol. The van der Waals surface area contributed by atoms with Crippen molar-refractivity contribution in [3.8, 4) is 0 Å². The number of para-hydroxylation sites is 1. The Morgan fingerprint density at radius 1 is 1.06 bits per heavy atom. The summed E-state index contributed by atoms with van der Waals surface area (Å²) in [4.78, 5) is 28.8. The SMILES string of the molecule is Cc1ccc(C(C(=O)NC2CCCC2)N(C(=O)c2csnn2)c2ccccc2C)cc1. The largest absolute Gasteiger partial charge is 0.351 e. The van der Waals surface area contributed by atoms with E-state index >= 15 is 0 Å². The van der Waals surface area contributed by atoms with E-state index in [1.165, 1.54) is 0 Å². The number of benzene rings is 2. The van der Waals surface area contributed by atoms with E-state index < -0.39 is 6.04 Å². The summed E-state index contributed by atoms with van der Waals surface area (Å²) in [5.74, 6) is -0.509. The third kappa shape index (κ3) is 4.66. The smallest absolute Gasteiger partial charge is 0.280 e. The highest BCUT2D eigenvalue weighted by molar-refractivity contribution is 7.03. The zero-order chi connectivity index (χ0) is 21.8. The molecule has 6 nitrogen and oxygen atoms in total. The van der Waals surface area contributed by atoms with Gasteiger partial charge >= 0.3 is 0 Å². The van der Waals surface area contributed by atoms with Crippen LogP contribution in [0.25, 0.3) is 0 Å². The number of hydrogen-bond acceptors (Lipinski definition) is 5. The Balaban J connectivity index is 1.82. The van der Waals surface area contributed by atoms with Gasteiger partial charge in [-0.3, -0.25) is 14.5 Å². The number of rotatable bonds is 6. The van der Waals surface area contributed by atoms with Crippen LogP contribution in [0, 0.1) is 13.8 Å². The monoisotopic (exact) mass is 434 g/mol. The third-order valence-electron chi connectivity index (χ3n) is 5.77. The molecule has 1 atom stereocenters. The van der Waals surface area contributed by atoms with E-state index in [1.807, 2.05) is 62.4 Å². The fourth-order valence-electron chi connectivity index (χ4n) is 4.10. The molecule has 1 unspecified atom stereocenters. The molecule has 3 aromatic rings. The molecular formula is C24H26N4O2S. The van der Waals surface area contributed by atoms with Gasteiger partial charge in [-0.25, -0.2) is 0 Å².